The second-order valence-electron chi connectivity index (χ2n) is 7.15. The van der Waals surface area contributed by atoms with Gasteiger partial charge >= 0.3 is 0 Å². The average Bonchev–Trinajstić information content (AvgIpc) is 3.36. The number of ketones is 1. The van der Waals surface area contributed by atoms with Crippen LogP contribution in [0.3, 0.4) is 0 Å². The summed E-state index contributed by atoms with van der Waals surface area (Å²) in [6.45, 7) is 2.03. The lowest BCUT2D eigenvalue weighted by Gasteiger charge is -2.24. The summed E-state index contributed by atoms with van der Waals surface area (Å²) in [5.74, 6) is -0.491. The van der Waals surface area contributed by atoms with Gasteiger partial charge in [-0.1, -0.05) is 42.0 Å². The highest BCUT2D eigenvalue weighted by Crippen LogP contribution is 2.41. The molecule has 1 aromatic heterocycles. The van der Waals surface area contributed by atoms with Gasteiger partial charge in [-0.15, -0.1) is 0 Å². The van der Waals surface area contributed by atoms with Crippen molar-refractivity contribution in [3.05, 3.63) is 95.0 Å². The molecule has 0 unspecified atom stereocenters. The van der Waals surface area contributed by atoms with Crippen molar-refractivity contribution < 1.29 is 23.8 Å². The van der Waals surface area contributed by atoms with Gasteiger partial charge in [0.15, 0.2) is 0 Å². The summed E-state index contributed by atoms with van der Waals surface area (Å²) in [5, 5.41) is 11.0. The van der Waals surface area contributed by atoms with Crippen LogP contribution in [0.5, 0.6) is 5.75 Å². The van der Waals surface area contributed by atoms with Crippen LogP contribution in [0.2, 0.25) is 0 Å². The second kappa shape index (κ2) is 7.91. The number of hydrogen-bond acceptors (Lipinski definition) is 5. The average molecular weight is 403 g/mol. The summed E-state index contributed by atoms with van der Waals surface area (Å²) in [6.07, 6.45) is 1.51. The molecule has 30 heavy (non-hydrogen) atoms. The minimum Gasteiger partial charge on any atom is -0.507 e. The van der Waals surface area contributed by atoms with E-state index in [4.69, 9.17) is 9.15 Å². The Hall–Kier alpha value is -3.80. The lowest BCUT2D eigenvalue weighted by molar-refractivity contribution is -0.140. The number of likely N-dealkylation sites (tertiary alicyclic amines) is 1. The Bertz CT molecular complexity index is 1110. The number of ether oxygens (including phenoxy) is 1. The normalized spacial score (nSPS) is 18.1. The Kier molecular flexibility index (Phi) is 5.14. The van der Waals surface area contributed by atoms with Gasteiger partial charge in [-0.3, -0.25) is 9.59 Å². The largest absolute Gasteiger partial charge is 0.507 e. The first-order chi connectivity index (χ1) is 14.5. The standard InChI is InChI=1S/C24H21NO5/c1-15-8-10-16(11-9-15)22(26)20-21(17-5-3-6-18(13-17)29-2)25(24(28)23(20)27)14-19-7-4-12-30-19/h3-13,21,26H,14H2,1-2H3/t21-/m0/s1. The first-order valence-electron chi connectivity index (χ1n) is 9.51. The molecule has 1 saturated heterocycles. The number of aliphatic hydroxyl groups is 1. The first-order valence-corrected chi connectivity index (χ1v) is 9.51. The van der Waals surface area contributed by atoms with Crippen LogP contribution in [-0.2, 0) is 16.1 Å². The van der Waals surface area contributed by atoms with Gasteiger partial charge in [-0.25, -0.2) is 0 Å². The number of furan rings is 1. The number of methoxy groups -OCH3 is 1. The third kappa shape index (κ3) is 3.48. The van der Waals surface area contributed by atoms with E-state index in [2.05, 4.69) is 0 Å². The summed E-state index contributed by atoms with van der Waals surface area (Å²) in [6, 6.07) is 17.0. The Morgan fingerprint density at radius 1 is 1.10 bits per heavy atom. The van der Waals surface area contributed by atoms with Crippen LogP contribution in [-0.4, -0.2) is 28.8 Å². The molecule has 0 radical (unpaired) electrons. The lowest BCUT2D eigenvalue weighted by Crippen LogP contribution is -2.29. The van der Waals surface area contributed by atoms with Crippen molar-refractivity contribution in [1.29, 1.82) is 0 Å². The molecule has 4 rings (SSSR count). The molecular weight excluding hydrogens is 382 g/mol. The number of amides is 1. The third-order valence-electron chi connectivity index (χ3n) is 5.18. The summed E-state index contributed by atoms with van der Waals surface area (Å²) in [5.41, 5.74) is 2.20. The molecule has 2 aromatic carbocycles. The van der Waals surface area contributed by atoms with Crippen molar-refractivity contribution in [3.8, 4) is 5.75 Å². The molecule has 6 heteroatoms. The van der Waals surface area contributed by atoms with Crippen molar-refractivity contribution in [3.63, 3.8) is 0 Å². The molecule has 0 saturated carbocycles. The second-order valence-corrected chi connectivity index (χ2v) is 7.15. The number of aliphatic hydroxyl groups excluding tert-OH is 1. The highest BCUT2D eigenvalue weighted by Gasteiger charge is 2.46. The van der Waals surface area contributed by atoms with Crippen LogP contribution < -0.4 is 4.74 Å². The molecule has 1 aliphatic heterocycles. The van der Waals surface area contributed by atoms with Crippen molar-refractivity contribution in [2.24, 2.45) is 0 Å². The molecular formula is C24H21NO5. The van der Waals surface area contributed by atoms with Gasteiger partial charge in [-0.2, -0.15) is 0 Å². The van der Waals surface area contributed by atoms with E-state index < -0.39 is 17.7 Å². The Morgan fingerprint density at radius 2 is 1.87 bits per heavy atom. The number of hydrogen-bond donors (Lipinski definition) is 1. The van der Waals surface area contributed by atoms with Crippen molar-refractivity contribution in [1.82, 2.24) is 4.90 Å². The van der Waals surface area contributed by atoms with E-state index >= 15 is 0 Å². The molecule has 2 heterocycles. The summed E-state index contributed by atoms with van der Waals surface area (Å²) in [7, 11) is 1.55. The zero-order valence-electron chi connectivity index (χ0n) is 16.7. The van der Waals surface area contributed by atoms with Crippen LogP contribution >= 0.6 is 0 Å². The lowest BCUT2D eigenvalue weighted by atomic mass is 9.95. The third-order valence-corrected chi connectivity index (χ3v) is 5.18. The van der Waals surface area contributed by atoms with E-state index in [9.17, 15) is 14.7 Å². The minimum atomic E-state index is -0.772. The molecule has 6 nitrogen and oxygen atoms in total. The Labute approximate surface area is 174 Å². The minimum absolute atomic E-state index is 0.0451. The fourth-order valence-electron chi connectivity index (χ4n) is 3.64. The smallest absolute Gasteiger partial charge is 0.296 e. The monoisotopic (exact) mass is 403 g/mol. The molecule has 1 atom stereocenters. The van der Waals surface area contributed by atoms with Crippen molar-refractivity contribution in [2.45, 2.75) is 19.5 Å². The first kappa shape index (κ1) is 19.5. The number of benzene rings is 2. The van der Waals surface area contributed by atoms with E-state index in [1.165, 1.54) is 11.2 Å². The molecule has 1 N–H and O–H groups in total. The van der Waals surface area contributed by atoms with Gasteiger partial charge in [-0.05, 0) is 36.8 Å². The predicted molar refractivity (Wildman–Crippen MR) is 111 cm³/mol. The zero-order valence-corrected chi connectivity index (χ0v) is 16.7. The highest BCUT2D eigenvalue weighted by molar-refractivity contribution is 6.46. The molecule has 3 aromatic rings. The summed E-state index contributed by atoms with van der Waals surface area (Å²) < 4.78 is 10.7. The summed E-state index contributed by atoms with van der Waals surface area (Å²) in [4.78, 5) is 27.3. The van der Waals surface area contributed by atoms with Crippen LogP contribution in [0.4, 0.5) is 0 Å². The van der Waals surface area contributed by atoms with Gasteiger partial charge < -0.3 is 19.2 Å². The molecule has 0 spiro atoms. The molecule has 1 fully saturated rings. The maximum Gasteiger partial charge on any atom is 0.296 e. The molecule has 0 aliphatic carbocycles. The Morgan fingerprint density at radius 3 is 2.53 bits per heavy atom. The van der Waals surface area contributed by atoms with E-state index in [1.807, 2.05) is 19.1 Å². The number of carbonyl (C=O) groups is 2. The maximum atomic E-state index is 13.0. The van der Waals surface area contributed by atoms with Gasteiger partial charge in [0, 0.05) is 5.56 Å². The number of nitrogens with zero attached hydrogens (tertiary/aromatic N) is 1. The fraction of sp³-hybridized carbons (Fsp3) is 0.167. The van der Waals surface area contributed by atoms with Crippen molar-refractivity contribution in [2.75, 3.05) is 7.11 Å². The maximum absolute atomic E-state index is 13.0. The van der Waals surface area contributed by atoms with Crippen LogP contribution in [0, 0.1) is 6.92 Å². The predicted octanol–water partition coefficient (Wildman–Crippen LogP) is 4.22. The van der Waals surface area contributed by atoms with E-state index in [-0.39, 0.29) is 17.9 Å². The van der Waals surface area contributed by atoms with E-state index in [0.717, 1.165) is 5.56 Å². The highest BCUT2D eigenvalue weighted by atomic mass is 16.5. The van der Waals surface area contributed by atoms with Gasteiger partial charge in [0.1, 0.15) is 17.3 Å². The van der Waals surface area contributed by atoms with E-state index in [0.29, 0.717) is 22.6 Å². The number of carbonyl (C=O) groups excluding carboxylic acids is 2. The van der Waals surface area contributed by atoms with Crippen LogP contribution in [0.15, 0.2) is 76.9 Å². The fourth-order valence-corrected chi connectivity index (χ4v) is 3.64. The van der Waals surface area contributed by atoms with Crippen molar-refractivity contribution >= 4 is 17.4 Å². The van der Waals surface area contributed by atoms with Gasteiger partial charge in [0.25, 0.3) is 11.7 Å². The number of aryl methyl sites for hydroxylation is 1. The summed E-state index contributed by atoms with van der Waals surface area (Å²) >= 11 is 0. The van der Waals surface area contributed by atoms with E-state index in [1.54, 1.807) is 55.6 Å². The van der Waals surface area contributed by atoms with Gasteiger partial charge in [0.2, 0.25) is 0 Å². The zero-order chi connectivity index (χ0) is 21.3. The number of rotatable bonds is 5. The van der Waals surface area contributed by atoms with Crippen LogP contribution in [0.1, 0.15) is 28.5 Å². The quantitative estimate of drug-likeness (QED) is 0.392. The van der Waals surface area contributed by atoms with Crippen LogP contribution in [0.25, 0.3) is 5.76 Å². The Balaban J connectivity index is 1.87. The topological polar surface area (TPSA) is 80.0 Å². The molecule has 1 aliphatic rings. The van der Waals surface area contributed by atoms with Gasteiger partial charge in [0.05, 0.1) is 31.5 Å². The molecule has 1 amide bonds. The molecule has 152 valence electrons. The molecule has 0 bridgehead atoms. The SMILES string of the molecule is COc1cccc([C@H]2C(=C(O)c3ccc(C)cc3)C(=O)C(=O)N2Cc2ccco2)c1. The number of Topliss-reactive ketones (excluding diaryl/α,β-unsaturated/α-hetero) is 1.